The van der Waals surface area contributed by atoms with E-state index in [0.29, 0.717) is 16.6 Å². The average molecular weight is 392 g/mol. The summed E-state index contributed by atoms with van der Waals surface area (Å²) < 4.78 is 6.19. The Hall–Kier alpha value is -3.87. The van der Waals surface area contributed by atoms with Gasteiger partial charge in [-0.25, -0.2) is 4.79 Å². The zero-order chi connectivity index (χ0) is 21.0. The van der Waals surface area contributed by atoms with Gasteiger partial charge in [-0.2, -0.15) is 0 Å². The van der Waals surface area contributed by atoms with Gasteiger partial charge in [-0.15, -0.1) is 6.58 Å². The number of rotatable bonds is 6. The molecule has 3 rings (SSSR count). The second kappa shape index (κ2) is 8.43. The van der Waals surface area contributed by atoms with Crippen molar-refractivity contribution in [1.29, 1.82) is 0 Å². The fraction of sp³-hybridized carbons (Fsp3) is 0.136. The van der Waals surface area contributed by atoms with Crippen molar-refractivity contribution in [2.75, 3.05) is 11.9 Å². The van der Waals surface area contributed by atoms with Crippen molar-refractivity contribution in [1.82, 2.24) is 4.57 Å². The lowest BCUT2D eigenvalue weighted by atomic mass is 10.0. The number of pyridine rings is 1. The van der Waals surface area contributed by atoms with Crippen LogP contribution >= 0.6 is 0 Å². The van der Waals surface area contributed by atoms with Crippen LogP contribution in [0.2, 0.25) is 0 Å². The van der Waals surface area contributed by atoms with Crippen LogP contribution in [0.5, 0.6) is 5.75 Å². The molecule has 148 valence electrons. The molecule has 0 aliphatic carbocycles. The molecule has 0 spiro atoms. The second-order valence-electron chi connectivity index (χ2n) is 6.20. The highest BCUT2D eigenvalue weighted by Crippen LogP contribution is 2.28. The van der Waals surface area contributed by atoms with E-state index in [0.717, 1.165) is 0 Å². The zero-order valence-electron chi connectivity index (χ0n) is 15.8. The first kappa shape index (κ1) is 19.9. The molecule has 1 aromatic heterocycles. The number of aromatic hydroxyl groups is 1. The molecule has 0 unspecified atom stereocenters. The van der Waals surface area contributed by atoms with Crippen molar-refractivity contribution >= 4 is 28.5 Å². The van der Waals surface area contributed by atoms with Gasteiger partial charge in [0.1, 0.15) is 11.3 Å². The highest BCUT2D eigenvalue weighted by molar-refractivity contribution is 6.13. The van der Waals surface area contributed by atoms with Gasteiger partial charge in [0.2, 0.25) is 5.78 Å². The van der Waals surface area contributed by atoms with Crippen LogP contribution in [0.1, 0.15) is 22.8 Å². The Morgan fingerprint density at radius 1 is 1.17 bits per heavy atom. The summed E-state index contributed by atoms with van der Waals surface area (Å²) in [6.07, 6.45) is 0.945. The van der Waals surface area contributed by atoms with Crippen molar-refractivity contribution in [3.05, 3.63) is 82.7 Å². The number of carbonyl (C=O) groups is 2. The predicted octanol–water partition coefficient (Wildman–Crippen LogP) is 3.69. The highest BCUT2D eigenvalue weighted by atomic mass is 16.5. The van der Waals surface area contributed by atoms with E-state index in [9.17, 15) is 19.5 Å². The molecule has 2 N–H and O–H groups in total. The topological polar surface area (TPSA) is 97.6 Å². The minimum Gasteiger partial charge on any atom is -0.506 e. The summed E-state index contributed by atoms with van der Waals surface area (Å²) in [6.45, 7) is 5.78. The van der Waals surface area contributed by atoms with Crippen LogP contribution in [0.3, 0.4) is 0 Å². The zero-order valence-corrected chi connectivity index (χ0v) is 15.8. The van der Waals surface area contributed by atoms with E-state index >= 15 is 0 Å². The van der Waals surface area contributed by atoms with Crippen molar-refractivity contribution in [3.63, 3.8) is 0 Å². The summed E-state index contributed by atoms with van der Waals surface area (Å²) in [6, 6.07) is 12.8. The molecule has 1 heterocycles. The number of hydrogen-bond donors (Lipinski definition) is 2. The summed E-state index contributed by atoms with van der Waals surface area (Å²) in [5.41, 5.74) is 0.246. The number of nitrogens with zero attached hydrogens (tertiary/aromatic N) is 1. The quantitative estimate of drug-likeness (QED) is 0.492. The summed E-state index contributed by atoms with van der Waals surface area (Å²) in [4.78, 5) is 37.4. The number of allylic oxidation sites excluding steroid dienone is 1. The number of carbonyl (C=O) groups excluding carboxylic acids is 2. The first-order chi connectivity index (χ1) is 14.0. The van der Waals surface area contributed by atoms with Gasteiger partial charge in [-0.1, -0.05) is 18.2 Å². The second-order valence-corrected chi connectivity index (χ2v) is 6.20. The van der Waals surface area contributed by atoms with Crippen LogP contribution in [0.15, 0.2) is 66.0 Å². The molecule has 0 radical (unpaired) electrons. The minimum absolute atomic E-state index is 0.197. The lowest BCUT2D eigenvalue weighted by molar-refractivity contribution is 0.103. The van der Waals surface area contributed by atoms with Gasteiger partial charge in [0.25, 0.3) is 5.56 Å². The first-order valence-corrected chi connectivity index (χ1v) is 9.01. The molecule has 1 amide bonds. The number of anilines is 1. The summed E-state index contributed by atoms with van der Waals surface area (Å²) >= 11 is 0. The van der Waals surface area contributed by atoms with E-state index in [1.807, 2.05) is 0 Å². The number of benzene rings is 2. The number of fused-ring (bicyclic) bond motifs is 1. The molecule has 0 saturated heterocycles. The summed E-state index contributed by atoms with van der Waals surface area (Å²) in [5, 5.41) is 13.6. The van der Waals surface area contributed by atoms with E-state index in [1.165, 1.54) is 28.8 Å². The monoisotopic (exact) mass is 392 g/mol. The molecule has 2 aromatic carbocycles. The fourth-order valence-corrected chi connectivity index (χ4v) is 3.04. The largest absolute Gasteiger partial charge is 0.506 e. The third kappa shape index (κ3) is 3.89. The fourth-order valence-electron chi connectivity index (χ4n) is 3.04. The molecule has 0 saturated carbocycles. The van der Waals surface area contributed by atoms with E-state index < -0.39 is 17.4 Å². The molecule has 0 aliphatic heterocycles. The van der Waals surface area contributed by atoms with Gasteiger partial charge in [-0.05, 0) is 43.3 Å². The lowest BCUT2D eigenvalue weighted by Crippen LogP contribution is -2.27. The van der Waals surface area contributed by atoms with Gasteiger partial charge >= 0.3 is 6.09 Å². The third-order valence-corrected chi connectivity index (χ3v) is 4.35. The number of ketones is 1. The van der Waals surface area contributed by atoms with E-state index in [1.54, 1.807) is 37.3 Å². The SMILES string of the molecule is C=CCn1c(=O)c(C(=O)c2ccc(NC(=O)OCC)cc2)c(O)c2ccccc21. The maximum Gasteiger partial charge on any atom is 0.411 e. The van der Waals surface area contributed by atoms with Crippen molar-refractivity contribution in [2.45, 2.75) is 13.5 Å². The van der Waals surface area contributed by atoms with Gasteiger partial charge in [0.05, 0.1) is 12.1 Å². The van der Waals surface area contributed by atoms with Crippen molar-refractivity contribution in [2.24, 2.45) is 0 Å². The predicted molar refractivity (Wildman–Crippen MR) is 111 cm³/mol. The Morgan fingerprint density at radius 2 is 1.86 bits per heavy atom. The molecule has 0 bridgehead atoms. The molecule has 0 aliphatic rings. The molecule has 0 fully saturated rings. The standard InChI is InChI=1S/C22H20N2O5/c1-3-13-24-17-8-6-5-7-16(17)20(26)18(21(24)27)19(25)14-9-11-15(12-10-14)23-22(28)29-4-2/h3,5-12,26H,1,4,13H2,2H3,(H,23,28). The Morgan fingerprint density at radius 3 is 2.52 bits per heavy atom. The van der Waals surface area contributed by atoms with Gasteiger partial charge < -0.3 is 14.4 Å². The Balaban J connectivity index is 2.04. The maximum absolute atomic E-state index is 13.0. The number of nitrogens with one attached hydrogen (secondary N) is 1. The molecular weight excluding hydrogens is 372 g/mol. The van der Waals surface area contributed by atoms with E-state index in [-0.39, 0.29) is 30.0 Å². The number of hydrogen-bond acceptors (Lipinski definition) is 5. The minimum atomic E-state index is -0.612. The van der Waals surface area contributed by atoms with Gasteiger partial charge in [0.15, 0.2) is 0 Å². The van der Waals surface area contributed by atoms with E-state index in [4.69, 9.17) is 4.74 Å². The van der Waals surface area contributed by atoms with E-state index in [2.05, 4.69) is 11.9 Å². The summed E-state index contributed by atoms with van der Waals surface area (Å²) in [7, 11) is 0. The van der Waals surface area contributed by atoms with Crippen molar-refractivity contribution in [3.8, 4) is 5.75 Å². The first-order valence-electron chi connectivity index (χ1n) is 9.01. The molecule has 3 aromatic rings. The number of amides is 1. The van der Waals surface area contributed by atoms with Gasteiger partial charge in [-0.3, -0.25) is 14.9 Å². The molecule has 0 atom stereocenters. The smallest absolute Gasteiger partial charge is 0.411 e. The molecule has 7 nitrogen and oxygen atoms in total. The number of ether oxygens (including phenoxy) is 1. The van der Waals surface area contributed by atoms with Crippen LogP contribution in [0.25, 0.3) is 10.9 Å². The number of para-hydroxylation sites is 1. The molecule has 29 heavy (non-hydrogen) atoms. The van der Waals surface area contributed by atoms with Gasteiger partial charge in [0, 0.05) is 23.2 Å². The van der Waals surface area contributed by atoms with Crippen LogP contribution in [0, 0.1) is 0 Å². The summed E-state index contributed by atoms with van der Waals surface area (Å²) in [5.74, 6) is -0.969. The average Bonchev–Trinajstić information content (AvgIpc) is 2.72. The Kier molecular flexibility index (Phi) is 5.78. The van der Waals surface area contributed by atoms with Crippen LogP contribution in [0.4, 0.5) is 10.5 Å². The molecular formula is C22H20N2O5. The Labute approximate surface area is 166 Å². The highest BCUT2D eigenvalue weighted by Gasteiger charge is 2.23. The molecule has 7 heteroatoms. The number of aromatic nitrogens is 1. The Bertz CT molecular complexity index is 1150. The third-order valence-electron chi connectivity index (χ3n) is 4.35. The maximum atomic E-state index is 13.0. The van der Waals surface area contributed by atoms with Crippen LogP contribution in [-0.4, -0.2) is 28.2 Å². The van der Waals surface area contributed by atoms with Crippen LogP contribution in [-0.2, 0) is 11.3 Å². The lowest BCUT2D eigenvalue weighted by Gasteiger charge is -2.13. The van der Waals surface area contributed by atoms with Crippen LogP contribution < -0.4 is 10.9 Å². The normalized spacial score (nSPS) is 10.5. The van der Waals surface area contributed by atoms with Crippen molar-refractivity contribution < 1.29 is 19.4 Å².